The standard InChI is InChI=1S/C33H45N3O4/c1-5-22-35-28-19-13-12-18-27(28)34-30(35)21-20-29(31(37)39-24-26-16-10-7-11-17-26)36(32(38)40-33(2,3)4)23-25-14-8-6-9-15-25/h7,10-13,16-19,25,29H,5-6,8-9,14-15,20-24H2,1-4H3/t29-/m0/s1. The first-order valence-electron chi connectivity index (χ1n) is 14.9. The fourth-order valence-corrected chi connectivity index (χ4v) is 5.58. The number of imidazole rings is 1. The van der Waals surface area contributed by atoms with Crippen molar-refractivity contribution in [1.29, 1.82) is 0 Å². The second kappa shape index (κ2) is 13.8. The summed E-state index contributed by atoms with van der Waals surface area (Å²) in [4.78, 5) is 34.0. The van der Waals surface area contributed by atoms with Gasteiger partial charge >= 0.3 is 12.1 Å². The zero-order valence-corrected chi connectivity index (χ0v) is 24.6. The van der Waals surface area contributed by atoms with Gasteiger partial charge in [-0.2, -0.15) is 0 Å². The van der Waals surface area contributed by atoms with E-state index < -0.39 is 23.7 Å². The molecule has 2 aromatic carbocycles. The Kier molecular flexibility index (Phi) is 10.2. The Balaban J connectivity index is 1.62. The van der Waals surface area contributed by atoms with Gasteiger partial charge in [0.05, 0.1) is 11.0 Å². The molecular formula is C33H45N3O4. The van der Waals surface area contributed by atoms with E-state index in [-0.39, 0.29) is 6.61 Å². The number of hydrogen-bond acceptors (Lipinski definition) is 5. The summed E-state index contributed by atoms with van der Waals surface area (Å²) in [5.41, 5.74) is 2.28. The number of carbonyl (C=O) groups excluding carboxylic acids is 2. The minimum Gasteiger partial charge on any atom is -0.459 e. The van der Waals surface area contributed by atoms with E-state index in [1.165, 1.54) is 6.42 Å². The Hall–Kier alpha value is -3.35. The second-order valence-corrected chi connectivity index (χ2v) is 12.0. The molecule has 1 amide bonds. The molecule has 1 atom stereocenters. The van der Waals surface area contributed by atoms with Gasteiger partial charge in [-0.25, -0.2) is 14.6 Å². The summed E-state index contributed by atoms with van der Waals surface area (Å²) in [5.74, 6) is 0.866. The second-order valence-electron chi connectivity index (χ2n) is 12.0. The predicted molar refractivity (Wildman–Crippen MR) is 158 cm³/mol. The molecule has 0 unspecified atom stereocenters. The Labute approximate surface area is 238 Å². The molecular weight excluding hydrogens is 502 g/mol. The van der Waals surface area contributed by atoms with Crippen LogP contribution in [0, 0.1) is 5.92 Å². The highest BCUT2D eigenvalue weighted by Crippen LogP contribution is 2.28. The Morgan fingerprint density at radius 1 is 1.02 bits per heavy atom. The van der Waals surface area contributed by atoms with Crippen molar-refractivity contribution in [1.82, 2.24) is 14.5 Å². The van der Waals surface area contributed by atoms with E-state index >= 15 is 0 Å². The lowest BCUT2D eigenvalue weighted by atomic mass is 9.88. The van der Waals surface area contributed by atoms with Crippen LogP contribution in [0.1, 0.15) is 84.0 Å². The van der Waals surface area contributed by atoms with Crippen molar-refractivity contribution in [2.24, 2.45) is 5.92 Å². The summed E-state index contributed by atoms with van der Waals surface area (Å²) in [6, 6.07) is 17.0. The maximum atomic E-state index is 13.8. The average Bonchev–Trinajstić information content (AvgIpc) is 3.29. The van der Waals surface area contributed by atoms with Crippen LogP contribution < -0.4 is 0 Å². The summed E-state index contributed by atoms with van der Waals surface area (Å²) in [6.45, 7) is 9.23. The number of benzene rings is 2. The van der Waals surface area contributed by atoms with Crippen molar-refractivity contribution in [3.8, 4) is 0 Å². The third-order valence-electron chi connectivity index (χ3n) is 7.50. The van der Waals surface area contributed by atoms with Crippen LogP contribution in [0.5, 0.6) is 0 Å². The maximum absolute atomic E-state index is 13.8. The molecule has 3 aromatic rings. The zero-order chi connectivity index (χ0) is 28.5. The van der Waals surface area contributed by atoms with Gasteiger partial charge < -0.3 is 14.0 Å². The lowest BCUT2D eigenvalue weighted by Gasteiger charge is -2.35. The zero-order valence-electron chi connectivity index (χ0n) is 24.6. The van der Waals surface area contributed by atoms with Gasteiger partial charge in [-0.1, -0.05) is 68.7 Å². The van der Waals surface area contributed by atoms with Crippen molar-refractivity contribution in [3.63, 3.8) is 0 Å². The highest BCUT2D eigenvalue weighted by atomic mass is 16.6. The van der Waals surface area contributed by atoms with Gasteiger partial charge in [0.2, 0.25) is 0 Å². The van der Waals surface area contributed by atoms with Crippen LogP contribution in [-0.2, 0) is 33.8 Å². The number of ether oxygens (including phenoxy) is 2. The monoisotopic (exact) mass is 547 g/mol. The van der Waals surface area contributed by atoms with Crippen LogP contribution in [0.25, 0.3) is 11.0 Å². The van der Waals surface area contributed by atoms with E-state index in [4.69, 9.17) is 14.5 Å². The first kappa shape index (κ1) is 29.6. The Morgan fingerprint density at radius 2 is 1.73 bits per heavy atom. The number of carbonyl (C=O) groups is 2. The fraction of sp³-hybridized carbons (Fsp3) is 0.545. The number of aryl methyl sites for hydroxylation is 2. The Bertz CT molecular complexity index is 1240. The largest absolute Gasteiger partial charge is 0.459 e. The molecule has 216 valence electrons. The van der Waals surface area contributed by atoms with Gasteiger partial charge in [0.25, 0.3) is 0 Å². The normalized spacial score (nSPS) is 15.1. The van der Waals surface area contributed by atoms with Crippen molar-refractivity contribution < 1.29 is 19.1 Å². The molecule has 0 aliphatic heterocycles. The highest BCUT2D eigenvalue weighted by Gasteiger charge is 2.36. The highest BCUT2D eigenvalue weighted by molar-refractivity contribution is 5.82. The van der Waals surface area contributed by atoms with Crippen molar-refractivity contribution in [2.45, 2.75) is 104 Å². The van der Waals surface area contributed by atoms with Crippen LogP contribution in [-0.4, -0.2) is 44.7 Å². The SMILES string of the molecule is CCCn1c(CC[C@@H](C(=O)OCc2ccccc2)N(CC2CCCCC2)C(=O)OC(C)(C)C)nc2ccccc21. The molecule has 1 aliphatic carbocycles. The van der Waals surface area contributed by atoms with Crippen molar-refractivity contribution in [3.05, 3.63) is 66.0 Å². The molecule has 1 aliphatic rings. The smallest absolute Gasteiger partial charge is 0.411 e. The topological polar surface area (TPSA) is 73.7 Å². The van der Waals surface area contributed by atoms with Crippen LogP contribution in [0.2, 0.25) is 0 Å². The molecule has 1 saturated carbocycles. The third kappa shape index (κ3) is 8.09. The van der Waals surface area contributed by atoms with E-state index in [0.29, 0.717) is 25.3 Å². The summed E-state index contributed by atoms with van der Waals surface area (Å²) < 4.78 is 13.9. The molecule has 7 heteroatoms. The summed E-state index contributed by atoms with van der Waals surface area (Å²) in [7, 11) is 0. The average molecular weight is 548 g/mol. The number of para-hydroxylation sites is 2. The quantitative estimate of drug-likeness (QED) is 0.235. The molecule has 1 heterocycles. The van der Waals surface area contributed by atoms with Crippen molar-refractivity contribution >= 4 is 23.1 Å². The van der Waals surface area contributed by atoms with Gasteiger partial charge in [-0.05, 0) is 70.1 Å². The number of fused-ring (bicyclic) bond motifs is 1. The summed E-state index contributed by atoms with van der Waals surface area (Å²) >= 11 is 0. The molecule has 40 heavy (non-hydrogen) atoms. The minimum absolute atomic E-state index is 0.163. The number of hydrogen-bond donors (Lipinski definition) is 0. The summed E-state index contributed by atoms with van der Waals surface area (Å²) in [5, 5.41) is 0. The number of aromatic nitrogens is 2. The minimum atomic E-state index is -0.768. The van der Waals surface area contributed by atoms with Gasteiger partial charge in [0.1, 0.15) is 24.1 Å². The third-order valence-corrected chi connectivity index (χ3v) is 7.50. The van der Waals surface area contributed by atoms with Gasteiger partial charge in [0, 0.05) is 19.5 Å². The molecule has 4 rings (SSSR count). The van der Waals surface area contributed by atoms with E-state index in [1.807, 2.05) is 69.3 Å². The fourth-order valence-electron chi connectivity index (χ4n) is 5.58. The lowest BCUT2D eigenvalue weighted by molar-refractivity contribution is -0.152. The van der Waals surface area contributed by atoms with Crippen LogP contribution >= 0.6 is 0 Å². The van der Waals surface area contributed by atoms with E-state index in [2.05, 4.69) is 17.6 Å². The molecule has 0 bridgehead atoms. The first-order chi connectivity index (χ1) is 19.2. The van der Waals surface area contributed by atoms with Gasteiger partial charge in [0.15, 0.2) is 0 Å². The van der Waals surface area contributed by atoms with Crippen molar-refractivity contribution in [2.75, 3.05) is 6.54 Å². The number of nitrogens with zero attached hydrogens (tertiary/aromatic N) is 3. The maximum Gasteiger partial charge on any atom is 0.411 e. The predicted octanol–water partition coefficient (Wildman–Crippen LogP) is 7.31. The van der Waals surface area contributed by atoms with Crippen LogP contribution in [0.4, 0.5) is 4.79 Å². The Morgan fingerprint density at radius 3 is 2.42 bits per heavy atom. The van der Waals surface area contributed by atoms with Gasteiger partial charge in [-0.3, -0.25) is 4.90 Å². The van der Waals surface area contributed by atoms with E-state index in [0.717, 1.165) is 61.1 Å². The molecule has 0 spiro atoms. The number of amides is 1. The molecule has 7 nitrogen and oxygen atoms in total. The molecule has 1 fully saturated rings. The number of esters is 1. The van der Waals surface area contributed by atoms with E-state index in [1.54, 1.807) is 4.90 Å². The molecule has 0 radical (unpaired) electrons. The van der Waals surface area contributed by atoms with E-state index in [9.17, 15) is 9.59 Å². The lowest BCUT2D eigenvalue weighted by Crippen LogP contribution is -2.50. The molecule has 1 aromatic heterocycles. The number of rotatable bonds is 11. The molecule has 0 N–H and O–H groups in total. The molecule has 0 saturated heterocycles. The first-order valence-corrected chi connectivity index (χ1v) is 14.9. The van der Waals surface area contributed by atoms with Crippen LogP contribution in [0.3, 0.4) is 0 Å². The van der Waals surface area contributed by atoms with Gasteiger partial charge in [-0.15, -0.1) is 0 Å². The van der Waals surface area contributed by atoms with Crippen LogP contribution in [0.15, 0.2) is 54.6 Å². The summed E-state index contributed by atoms with van der Waals surface area (Å²) in [6.07, 6.45) is 7.10.